The number of rotatable bonds is 2. The van der Waals surface area contributed by atoms with Gasteiger partial charge >= 0.3 is 18.0 Å². The molecule has 0 bridgehead atoms. The van der Waals surface area contributed by atoms with Crippen LogP contribution in [0.3, 0.4) is 0 Å². The van der Waals surface area contributed by atoms with Crippen molar-refractivity contribution in [2.45, 2.75) is 18.0 Å². The van der Waals surface area contributed by atoms with Crippen LogP contribution in [0.5, 0.6) is 0 Å². The van der Waals surface area contributed by atoms with Crippen molar-refractivity contribution < 1.29 is 31.1 Å². The third-order valence-electron chi connectivity index (χ3n) is 2.13. The average molecular weight is 259 g/mol. The van der Waals surface area contributed by atoms with Gasteiger partial charge in [0.15, 0.2) is 0 Å². The van der Waals surface area contributed by atoms with E-state index in [0.717, 1.165) is 12.3 Å². The number of methoxy groups -OCH3 is 1. The molecule has 0 fully saturated rings. The van der Waals surface area contributed by atoms with E-state index in [1.165, 1.54) is 6.07 Å². The fourth-order valence-corrected chi connectivity index (χ4v) is 1.36. The molecule has 17 heavy (non-hydrogen) atoms. The van der Waals surface area contributed by atoms with Gasteiger partial charge in [-0.05, 0) is 12.1 Å². The van der Waals surface area contributed by atoms with Gasteiger partial charge in [0, 0.05) is 13.3 Å². The third kappa shape index (κ3) is 2.08. The molecule has 0 aliphatic rings. The molecule has 0 amide bonds. The molecule has 1 rings (SSSR count). The van der Waals surface area contributed by atoms with Crippen molar-refractivity contribution in [2.75, 3.05) is 7.11 Å². The first-order valence-electron chi connectivity index (χ1n) is 4.27. The lowest BCUT2D eigenvalue weighted by Gasteiger charge is -2.35. The second kappa shape index (κ2) is 4.17. The Labute approximate surface area is 92.2 Å². The molecule has 2 nitrogen and oxygen atoms in total. The number of aromatic nitrogens is 1. The zero-order valence-electron chi connectivity index (χ0n) is 8.43. The molecule has 0 radical (unpaired) electrons. The Hall–Kier alpha value is -1.31. The van der Waals surface area contributed by atoms with E-state index < -0.39 is 23.6 Å². The van der Waals surface area contributed by atoms with Crippen LogP contribution in [0.1, 0.15) is 5.69 Å². The minimum atomic E-state index is -5.66. The molecule has 0 atom stereocenters. The van der Waals surface area contributed by atoms with Crippen LogP contribution < -0.4 is 0 Å². The molecule has 8 heteroatoms. The van der Waals surface area contributed by atoms with Gasteiger partial charge in [-0.3, -0.25) is 4.98 Å². The van der Waals surface area contributed by atoms with Gasteiger partial charge < -0.3 is 4.74 Å². The predicted molar refractivity (Wildman–Crippen MR) is 45.0 cm³/mol. The van der Waals surface area contributed by atoms with E-state index in [2.05, 4.69) is 9.72 Å². The van der Waals surface area contributed by atoms with E-state index in [4.69, 9.17) is 0 Å². The van der Waals surface area contributed by atoms with Crippen LogP contribution in [0.4, 0.5) is 26.3 Å². The standard InChI is InChI=1S/C9H7F6NO/c1-17-7(8(10,11)12,9(13,14)15)6-4-2-3-5-16-6/h2-5H,1H3. The molecule has 1 aromatic rings. The van der Waals surface area contributed by atoms with Gasteiger partial charge in [0.2, 0.25) is 0 Å². The molecule has 0 N–H and O–H groups in total. The van der Waals surface area contributed by atoms with Gasteiger partial charge in [0.05, 0.1) is 5.69 Å². The highest BCUT2D eigenvalue weighted by Gasteiger charge is 2.74. The molecule has 0 unspecified atom stereocenters. The molecule has 0 aromatic carbocycles. The summed E-state index contributed by atoms with van der Waals surface area (Å²) in [6, 6.07) is 2.84. The zero-order chi connectivity index (χ0) is 13.3. The lowest BCUT2D eigenvalue weighted by Crippen LogP contribution is -2.55. The van der Waals surface area contributed by atoms with Crippen LogP contribution in [0.2, 0.25) is 0 Å². The van der Waals surface area contributed by atoms with Gasteiger partial charge in [-0.15, -0.1) is 0 Å². The topological polar surface area (TPSA) is 22.1 Å². The summed E-state index contributed by atoms with van der Waals surface area (Å²) in [6.45, 7) is 0. The van der Waals surface area contributed by atoms with Crippen LogP contribution in [-0.4, -0.2) is 24.4 Å². The fourth-order valence-electron chi connectivity index (χ4n) is 1.36. The second-order valence-electron chi connectivity index (χ2n) is 3.10. The zero-order valence-corrected chi connectivity index (χ0v) is 8.43. The summed E-state index contributed by atoms with van der Waals surface area (Å²) in [7, 11) is 0.343. The molecule has 0 aliphatic heterocycles. The smallest absolute Gasteiger partial charge is 0.356 e. The van der Waals surface area contributed by atoms with Crippen molar-refractivity contribution >= 4 is 0 Å². The summed E-state index contributed by atoms with van der Waals surface area (Å²) in [5, 5.41) is 0. The quantitative estimate of drug-likeness (QED) is 0.761. The Kier molecular flexibility index (Phi) is 3.37. The Morgan fingerprint density at radius 2 is 1.53 bits per heavy atom. The molecular weight excluding hydrogens is 252 g/mol. The van der Waals surface area contributed by atoms with E-state index in [9.17, 15) is 26.3 Å². The number of halogens is 6. The molecule has 0 saturated heterocycles. The summed E-state index contributed by atoms with van der Waals surface area (Å²) in [4.78, 5) is 3.09. The van der Waals surface area contributed by atoms with Crippen LogP contribution in [0.25, 0.3) is 0 Å². The molecule has 1 heterocycles. The number of hydrogen-bond acceptors (Lipinski definition) is 2. The summed E-state index contributed by atoms with van der Waals surface area (Å²) in [5.74, 6) is 0. The van der Waals surface area contributed by atoms with Crippen molar-refractivity contribution in [3.8, 4) is 0 Å². The van der Waals surface area contributed by atoms with Crippen molar-refractivity contribution in [2.24, 2.45) is 0 Å². The maximum Gasteiger partial charge on any atom is 0.432 e. The van der Waals surface area contributed by atoms with Gasteiger partial charge in [-0.1, -0.05) is 6.07 Å². The summed E-state index contributed by atoms with van der Waals surface area (Å²) < 4.78 is 79.8. The Bertz CT molecular complexity index is 357. The predicted octanol–water partition coefficient (Wildman–Crippen LogP) is 3.05. The van der Waals surface area contributed by atoms with E-state index in [0.29, 0.717) is 13.2 Å². The highest BCUT2D eigenvalue weighted by atomic mass is 19.4. The normalized spacial score (nSPS) is 13.8. The first-order valence-corrected chi connectivity index (χ1v) is 4.27. The molecule has 0 spiro atoms. The van der Waals surface area contributed by atoms with Crippen molar-refractivity contribution in [1.82, 2.24) is 4.98 Å². The van der Waals surface area contributed by atoms with E-state index in [1.54, 1.807) is 0 Å². The molecule has 96 valence electrons. The fraction of sp³-hybridized carbons (Fsp3) is 0.444. The maximum absolute atomic E-state index is 12.7. The first kappa shape index (κ1) is 13.8. The number of ether oxygens (including phenoxy) is 1. The number of alkyl halides is 6. The Morgan fingerprint density at radius 1 is 1.00 bits per heavy atom. The molecule has 1 aromatic heterocycles. The van der Waals surface area contributed by atoms with Gasteiger partial charge in [0.25, 0.3) is 0 Å². The Morgan fingerprint density at radius 3 is 1.82 bits per heavy atom. The summed E-state index contributed by atoms with van der Waals surface area (Å²) in [5.41, 5.74) is -5.65. The van der Waals surface area contributed by atoms with E-state index in [-0.39, 0.29) is 0 Å². The van der Waals surface area contributed by atoms with Crippen molar-refractivity contribution in [3.63, 3.8) is 0 Å². The number of hydrogen-bond donors (Lipinski definition) is 0. The SMILES string of the molecule is COC(c1ccccn1)(C(F)(F)F)C(F)(F)F. The van der Waals surface area contributed by atoms with Crippen LogP contribution in [0.15, 0.2) is 24.4 Å². The van der Waals surface area contributed by atoms with Crippen LogP contribution >= 0.6 is 0 Å². The highest BCUT2D eigenvalue weighted by molar-refractivity contribution is 5.19. The Balaban J connectivity index is 3.49. The van der Waals surface area contributed by atoms with Gasteiger partial charge in [-0.2, -0.15) is 26.3 Å². The van der Waals surface area contributed by atoms with E-state index >= 15 is 0 Å². The lowest BCUT2D eigenvalue weighted by molar-refractivity contribution is -0.384. The number of nitrogens with zero attached hydrogens (tertiary/aromatic N) is 1. The largest absolute Gasteiger partial charge is 0.432 e. The molecule has 0 saturated carbocycles. The summed E-state index contributed by atoms with van der Waals surface area (Å²) >= 11 is 0. The first-order chi connectivity index (χ1) is 7.67. The van der Waals surface area contributed by atoms with Gasteiger partial charge in [0.1, 0.15) is 0 Å². The van der Waals surface area contributed by atoms with Crippen LogP contribution in [-0.2, 0) is 10.3 Å². The third-order valence-corrected chi connectivity index (χ3v) is 2.13. The lowest BCUT2D eigenvalue weighted by atomic mass is 9.97. The monoisotopic (exact) mass is 259 g/mol. The van der Waals surface area contributed by atoms with Gasteiger partial charge in [-0.25, -0.2) is 0 Å². The minimum Gasteiger partial charge on any atom is -0.356 e. The highest BCUT2D eigenvalue weighted by Crippen LogP contribution is 2.51. The second-order valence-corrected chi connectivity index (χ2v) is 3.10. The van der Waals surface area contributed by atoms with E-state index in [1.807, 2.05) is 0 Å². The van der Waals surface area contributed by atoms with Crippen LogP contribution in [0, 0.1) is 0 Å². The molecular formula is C9H7F6NO. The molecule has 0 aliphatic carbocycles. The maximum atomic E-state index is 12.7. The van der Waals surface area contributed by atoms with Crippen molar-refractivity contribution in [1.29, 1.82) is 0 Å². The van der Waals surface area contributed by atoms with Crippen molar-refractivity contribution in [3.05, 3.63) is 30.1 Å². The number of pyridine rings is 1. The summed E-state index contributed by atoms with van der Waals surface area (Å²) in [6.07, 6.45) is -10.5. The average Bonchev–Trinajstić information content (AvgIpc) is 2.16. The minimum absolute atomic E-state index is 0.343.